The largest absolute Gasteiger partial charge is 0.343 e. The summed E-state index contributed by atoms with van der Waals surface area (Å²) in [5.41, 5.74) is 0. The van der Waals surface area contributed by atoms with Crippen LogP contribution in [0.1, 0.15) is 14.6 Å². The zero-order valence-corrected chi connectivity index (χ0v) is 9.70. The highest BCUT2D eigenvalue weighted by Crippen LogP contribution is 2.47. The van der Waals surface area contributed by atoms with E-state index < -0.39 is 39.5 Å². The molecular formula is C7H15Cl2N2O2P. The van der Waals surface area contributed by atoms with Gasteiger partial charge in [-0.2, -0.15) is 0 Å². The highest BCUT2D eigenvalue weighted by molar-refractivity contribution is 7.54. The Balaban J connectivity index is 3.12. The second kappa shape index (κ2) is 6.31. The molecule has 7 heteroatoms. The molecule has 0 aromatic carbocycles. The number of nitrogens with zero attached hydrogens (tertiary/aromatic N) is 1. The van der Waals surface area contributed by atoms with Crippen LogP contribution in [0.15, 0.2) is 0 Å². The molecule has 0 spiro atoms. The average Bonchev–Trinajstić information content (AvgIpc) is 2.31. The quantitative estimate of drug-likeness (QED) is 0.610. The van der Waals surface area contributed by atoms with E-state index in [2.05, 4.69) is 5.09 Å². The molecule has 0 aromatic rings. The highest BCUT2D eigenvalue weighted by atomic mass is 35.5. The van der Waals surface area contributed by atoms with E-state index in [0.717, 1.165) is 0 Å². The highest BCUT2D eigenvalue weighted by Gasteiger charge is 2.32. The summed E-state index contributed by atoms with van der Waals surface area (Å²) in [5, 5.41) is 2.25. The summed E-state index contributed by atoms with van der Waals surface area (Å²) in [5.74, 6) is -0.615. The summed E-state index contributed by atoms with van der Waals surface area (Å²) < 4.78 is 63.5. The lowest BCUT2D eigenvalue weighted by Gasteiger charge is -2.33. The molecular weight excluding hydrogens is 246 g/mol. The van der Waals surface area contributed by atoms with E-state index in [4.69, 9.17) is 36.0 Å². The van der Waals surface area contributed by atoms with Crippen LogP contribution < -0.4 is 5.09 Å². The van der Waals surface area contributed by atoms with Gasteiger partial charge in [0.25, 0.3) is 0 Å². The third kappa shape index (κ3) is 3.37. The number of rotatable bonds is 5. The topological polar surface area (TPSA) is 41.6 Å². The van der Waals surface area contributed by atoms with E-state index in [1.54, 1.807) is 0 Å². The molecule has 0 bridgehead atoms. The first-order valence-corrected chi connectivity index (χ1v) is 6.52. The molecule has 1 fully saturated rings. The molecule has 0 saturated carbocycles. The minimum atomic E-state index is -4.16. The van der Waals surface area contributed by atoms with Crippen LogP contribution in [-0.4, -0.2) is 42.6 Å². The molecule has 1 rings (SSSR count). The van der Waals surface area contributed by atoms with Crippen LogP contribution in [0.5, 0.6) is 0 Å². The normalized spacial score (nSPS) is 42.8. The Morgan fingerprint density at radius 2 is 2.43 bits per heavy atom. The van der Waals surface area contributed by atoms with Gasteiger partial charge >= 0.3 is 7.67 Å². The van der Waals surface area contributed by atoms with Gasteiger partial charge in [-0.15, -0.1) is 23.2 Å². The lowest BCUT2D eigenvalue weighted by molar-refractivity contribution is 0.233. The van der Waals surface area contributed by atoms with Crippen molar-refractivity contribution in [2.75, 3.05) is 37.9 Å². The van der Waals surface area contributed by atoms with E-state index in [1.807, 2.05) is 0 Å². The summed E-state index contributed by atoms with van der Waals surface area (Å²) in [4.78, 5) is 0. The summed E-state index contributed by atoms with van der Waals surface area (Å²) in [6.07, 6.45) is -2.40. The molecule has 0 radical (unpaired) electrons. The first kappa shape index (κ1) is 6.43. The van der Waals surface area contributed by atoms with Gasteiger partial charge in [0, 0.05) is 36.8 Å². The van der Waals surface area contributed by atoms with E-state index >= 15 is 0 Å². The van der Waals surface area contributed by atoms with Gasteiger partial charge in [0.1, 0.15) is 0 Å². The zero-order valence-electron chi connectivity index (χ0n) is 13.3. The van der Waals surface area contributed by atoms with Crippen LogP contribution in [0.4, 0.5) is 0 Å². The smallest absolute Gasteiger partial charge is 0.306 e. The summed E-state index contributed by atoms with van der Waals surface area (Å²) in [6, 6.07) is 0. The maximum Gasteiger partial charge on any atom is 0.343 e. The van der Waals surface area contributed by atoms with Gasteiger partial charge in [-0.1, -0.05) is 0 Å². The van der Waals surface area contributed by atoms with Gasteiger partial charge in [-0.25, -0.2) is 9.76 Å². The van der Waals surface area contributed by atoms with Gasteiger partial charge in [-0.05, 0) is 6.37 Å². The second-order valence-electron chi connectivity index (χ2n) is 2.33. The number of alkyl halides is 2. The van der Waals surface area contributed by atoms with E-state index in [0.29, 0.717) is 4.67 Å². The van der Waals surface area contributed by atoms with Crippen molar-refractivity contribution < 1.29 is 17.3 Å². The summed E-state index contributed by atoms with van der Waals surface area (Å²) in [7, 11) is -4.16. The standard InChI is InChI=1S/C7H15Cl2N2O2P/c8-2-5-11(6-3-9)14(12)10-4-1-7-13-14/h1-7H2,(H,10,12)/i1D2,5D2,7D2. The van der Waals surface area contributed by atoms with E-state index in [9.17, 15) is 4.57 Å². The van der Waals surface area contributed by atoms with Crippen LogP contribution in [0.3, 0.4) is 0 Å². The molecule has 0 amide bonds. The number of halogens is 2. The first-order valence-electron chi connectivity index (χ1n) is 6.88. The number of hydrogen-bond acceptors (Lipinski definition) is 2. The van der Waals surface area contributed by atoms with Crippen LogP contribution in [-0.2, 0) is 9.09 Å². The maximum atomic E-state index is 12.7. The van der Waals surface area contributed by atoms with Gasteiger partial charge < -0.3 is 4.52 Å². The number of hydrogen-bond donors (Lipinski definition) is 1. The Labute approximate surface area is 103 Å². The lowest BCUT2D eigenvalue weighted by Crippen LogP contribution is -2.35. The van der Waals surface area contributed by atoms with Crippen LogP contribution in [0.2, 0.25) is 0 Å². The molecule has 1 N–H and O–H groups in total. The summed E-state index contributed by atoms with van der Waals surface area (Å²) in [6.45, 7) is -5.88. The van der Waals surface area contributed by atoms with Crippen LogP contribution in [0, 0.1) is 0 Å². The van der Waals surface area contributed by atoms with Gasteiger partial charge in [0.05, 0.1) is 9.30 Å². The van der Waals surface area contributed by atoms with E-state index in [-0.39, 0.29) is 12.4 Å². The van der Waals surface area contributed by atoms with Gasteiger partial charge in [0.15, 0.2) is 0 Å². The fourth-order valence-electron chi connectivity index (χ4n) is 0.889. The Kier molecular flexibility index (Phi) is 2.90. The molecule has 1 unspecified atom stereocenters. The molecule has 4 nitrogen and oxygen atoms in total. The van der Waals surface area contributed by atoms with Crippen molar-refractivity contribution in [2.24, 2.45) is 0 Å². The molecule has 1 atom stereocenters. The average molecular weight is 267 g/mol. The molecule has 1 aliphatic heterocycles. The fraction of sp³-hybridized carbons (Fsp3) is 1.00. The zero-order chi connectivity index (χ0) is 15.8. The maximum absolute atomic E-state index is 12.7. The van der Waals surface area contributed by atoms with Crippen molar-refractivity contribution in [3.05, 3.63) is 0 Å². The predicted molar refractivity (Wildman–Crippen MR) is 59.2 cm³/mol. The Bertz CT molecular complexity index is 413. The Hall–Kier alpha value is 0.690. The predicted octanol–water partition coefficient (Wildman–Crippen LogP) is 1.88. The monoisotopic (exact) mass is 266 g/mol. The number of nitrogens with one attached hydrogen (secondary N) is 1. The van der Waals surface area contributed by atoms with Crippen molar-refractivity contribution in [2.45, 2.75) is 6.37 Å². The third-order valence-electron chi connectivity index (χ3n) is 1.47. The molecule has 0 aromatic heterocycles. The summed E-state index contributed by atoms with van der Waals surface area (Å²) >= 11 is 11.0. The van der Waals surface area contributed by atoms with Crippen molar-refractivity contribution in [3.8, 4) is 0 Å². The molecule has 1 aliphatic rings. The Morgan fingerprint density at radius 3 is 3.00 bits per heavy atom. The molecule has 1 saturated heterocycles. The molecule has 14 heavy (non-hydrogen) atoms. The van der Waals surface area contributed by atoms with Crippen molar-refractivity contribution >= 4 is 30.9 Å². The third-order valence-corrected chi connectivity index (χ3v) is 3.63. The van der Waals surface area contributed by atoms with Crippen LogP contribution >= 0.6 is 30.9 Å². The molecule has 0 aliphatic carbocycles. The van der Waals surface area contributed by atoms with Crippen molar-refractivity contribution in [1.29, 1.82) is 0 Å². The second-order valence-corrected chi connectivity index (χ2v) is 5.00. The van der Waals surface area contributed by atoms with Gasteiger partial charge in [0.2, 0.25) is 0 Å². The van der Waals surface area contributed by atoms with Crippen molar-refractivity contribution in [1.82, 2.24) is 9.76 Å². The fourth-order valence-corrected chi connectivity index (χ4v) is 2.83. The van der Waals surface area contributed by atoms with E-state index in [1.165, 1.54) is 0 Å². The minimum absolute atomic E-state index is 0.0820. The Morgan fingerprint density at radius 1 is 1.64 bits per heavy atom. The minimum Gasteiger partial charge on any atom is -0.306 e. The SMILES string of the molecule is [2H]C([2H])(CCl)N(CCCl)P1(=O)NCC([2H])([2H])C([2H])([2H])O1. The van der Waals surface area contributed by atoms with Crippen LogP contribution in [0.25, 0.3) is 0 Å². The molecule has 1 heterocycles. The van der Waals surface area contributed by atoms with Gasteiger partial charge in [-0.3, -0.25) is 4.57 Å². The van der Waals surface area contributed by atoms with Crippen molar-refractivity contribution in [3.63, 3.8) is 0 Å². The first-order chi connectivity index (χ1) is 8.92. The lowest BCUT2D eigenvalue weighted by atomic mass is 10.5. The molecule has 84 valence electrons.